The lowest BCUT2D eigenvalue weighted by Crippen LogP contribution is -2.21. The van der Waals surface area contributed by atoms with E-state index in [0.29, 0.717) is 16.9 Å². The number of methoxy groups -OCH3 is 1. The van der Waals surface area contributed by atoms with Crippen LogP contribution in [0.4, 0.5) is 0 Å². The zero-order chi connectivity index (χ0) is 17.3. The lowest BCUT2D eigenvalue weighted by molar-refractivity contribution is -0.133. The fourth-order valence-electron chi connectivity index (χ4n) is 2.68. The van der Waals surface area contributed by atoms with Gasteiger partial charge in [-0.3, -0.25) is 9.59 Å². The van der Waals surface area contributed by atoms with E-state index in [9.17, 15) is 14.7 Å². The quantitative estimate of drug-likeness (QED) is 0.517. The number of hydrogen-bond acceptors (Lipinski definition) is 4. The number of carbonyl (C=O) groups is 2. The highest BCUT2D eigenvalue weighted by Gasteiger charge is 2.39. The standard InChI is InChI=1S/C19H17NO4/c1-11-3-5-13(6-4-11)17(21)15-16(20-19(23)18(15)22)12-7-9-14(24-2)10-8-12/h3-10,16,21H,1-2H3,(H,20,23)/t16-/m1/s1. The number of aliphatic hydroxyl groups excluding tert-OH is 1. The number of benzene rings is 2. The third-order valence-electron chi connectivity index (χ3n) is 4.04. The summed E-state index contributed by atoms with van der Waals surface area (Å²) in [7, 11) is 1.56. The molecule has 0 unspecified atom stereocenters. The maximum absolute atomic E-state index is 12.2. The van der Waals surface area contributed by atoms with E-state index in [2.05, 4.69) is 5.32 Å². The molecule has 1 fully saturated rings. The molecule has 2 aromatic carbocycles. The van der Waals surface area contributed by atoms with Gasteiger partial charge in [0.15, 0.2) is 0 Å². The zero-order valence-electron chi connectivity index (χ0n) is 13.4. The van der Waals surface area contributed by atoms with Crippen LogP contribution >= 0.6 is 0 Å². The third-order valence-corrected chi connectivity index (χ3v) is 4.04. The molecule has 24 heavy (non-hydrogen) atoms. The first-order valence-corrected chi connectivity index (χ1v) is 7.50. The monoisotopic (exact) mass is 323 g/mol. The number of rotatable bonds is 3. The Balaban J connectivity index is 2.07. The minimum absolute atomic E-state index is 0.0639. The van der Waals surface area contributed by atoms with Crippen LogP contribution in [0.15, 0.2) is 54.1 Å². The van der Waals surface area contributed by atoms with Gasteiger partial charge in [0.05, 0.1) is 18.7 Å². The lowest BCUT2D eigenvalue weighted by Gasteiger charge is -2.14. The number of aryl methyl sites for hydroxylation is 1. The van der Waals surface area contributed by atoms with Crippen molar-refractivity contribution in [3.63, 3.8) is 0 Å². The van der Waals surface area contributed by atoms with E-state index in [1.54, 1.807) is 43.5 Å². The SMILES string of the molecule is COc1ccc([C@H]2NC(=O)C(=O)C2=C(O)c2ccc(C)cc2)cc1. The summed E-state index contributed by atoms with van der Waals surface area (Å²) in [5, 5.41) is 13.2. The van der Waals surface area contributed by atoms with Crippen LogP contribution in [-0.4, -0.2) is 23.9 Å². The summed E-state index contributed by atoms with van der Waals surface area (Å²) >= 11 is 0. The average Bonchev–Trinajstić information content (AvgIpc) is 2.90. The van der Waals surface area contributed by atoms with Crippen LogP contribution in [0.5, 0.6) is 5.75 Å². The number of nitrogens with one attached hydrogen (secondary N) is 1. The van der Waals surface area contributed by atoms with Gasteiger partial charge >= 0.3 is 0 Å². The number of hydrogen-bond donors (Lipinski definition) is 2. The highest BCUT2D eigenvalue weighted by atomic mass is 16.5. The normalized spacial score (nSPS) is 19.2. The van der Waals surface area contributed by atoms with Crippen molar-refractivity contribution in [1.29, 1.82) is 0 Å². The number of ether oxygens (including phenoxy) is 1. The van der Waals surface area contributed by atoms with Gasteiger partial charge in [-0.1, -0.05) is 42.0 Å². The summed E-state index contributed by atoms with van der Waals surface area (Å²) in [6.07, 6.45) is 0. The molecule has 1 atom stereocenters. The van der Waals surface area contributed by atoms with Crippen molar-refractivity contribution in [3.05, 3.63) is 70.8 Å². The third kappa shape index (κ3) is 2.76. The van der Waals surface area contributed by atoms with E-state index in [4.69, 9.17) is 4.74 Å². The van der Waals surface area contributed by atoms with Gasteiger partial charge in [-0.25, -0.2) is 0 Å². The van der Waals surface area contributed by atoms with Gasteiger partial charge in [0, 0.05) is 5.56 Å². The molecular weight excluding hydrogens is 306 g/mol. The summed E-state index contributed by atoms with van der Waals surface area (Å²) in [6, 6.07) is 13.4. The molecule has 5 heteroatoms. The topological polar surface area (TPSA) is 75.6 Å². The Bertz CT molecular complexity index is 819. The lowest BCUT2D eigenvalue weighted by atomic mass is 9.95. The number of Topliss-reactive ketones (excluding diaryl/α,β-unsaturated/α-hetero) is 1. The second-order valence-electron chi connectivity index (χ2n) is 5.64. The van der Waals surface area contributed by atoms with E-state index in [1.165, 1.54) is 0 Å². The van der Waals surface area contributed by atoms with Crippen molar-refractivity contribution < 1.29 is 19.4 Å². The smallest absolute Gasteiger partial charge is 0.293 e. The summed E-state index contributed by atoms with van der Waals surface area (Å²) in [4.78, 5) is 24.1. The van der Waals surface area contributed by atoms with Crippen molar-refractivity contribution in [2.24, 2.45) is 0 Å². The van der Waals surface area contributed by atoms with Gasteiger partial charge < -0.3 is 15.2 Å². The van der Waals surface area contributed by atoms with Gasteiger partial charge in [0.1, 0.15) is 11.5 Å². The molecule has 0 bridgehead atoms. The highest BCUT2D eigenvalue weighted by molar-refractivity contribution is 6.46. The highest BCUT2D eigenvalue weighted by Crippen LogP contribution is 2.33. The van der Waals surface area contributed by atoms with Crippen molar-refractivity contribution in [2.75, 3.05) is 7.11 Å². The molecule has 1 heterocycles. The van der Waals surface area contributed by atoms with Gasteiger partial charge in [0.25, 0.3) is 11.7 Å². The first-order valence-electron chi connectivity index (χ1n) is 7.50. The molecule has 1 amide bonds. The molecule has 1 aliphatic heterocycles. The van der Waals surface area contributed by atoms with E-state index in [0.717, 1.165) is 5.56 Å². The molecule has 0 aromatic heterocycles. The number of aliphatic hydroxyl groups is 1. The van der Waals surface area contributed by atoms with Crippen LogP contribution in [-0.2, 0) is 9.59 Å². The molecule has 122 valence electrons. The molecule has 1 saturated heterocycles. The molecule has 0 saturated carbocycles. The Morgan fingerprint density at radius 1 is 1.04 bits per heavy atom. The maximum atomic E-state index is 12.2. The predicted molar refractivity (Wildman–Crippen MR) is 89.6 cm³/mol. The van der Waals surface area contributed by atoms with Crippen LogP contribution in [0.1, 0.15) is 22.7 Å². The fourth-order valence-corrected chi connectivity index (χ4v) is 2.68. The molecule has 3 rings (SSSR count). The number of carbonyl (C=O) groups excluding carboxylic acids is 2. The second-order valence-corrected chi connectivity index (χ2v) is 5.64. The Labute approximate surface area is 139 Å². The Kier molecular flexibility index (Phi) is 4.08. The predicted octanol–water partition coefficient (Wildman–Crippen LogP) is 2.71. The molecule has 2 aromatic rings. The number of ketones is 1. The number of amides is 1. The van der Waals surface area contributed by atoms with Crippen molar-refractivity contribution in [2.45, 2.75) is 13.0 Å². The molecular formula is C19H17NO4. The molecule has 0 radical (unpaired) electrons. The average molecular weight is 323 g/mol. The van der Waals surface area contributed by atoms with Crippen LogP contribution in [0.25, 0.3) is 5.76 Å². The van der Waals surface area contributed by atoms with Crippen LogP contribution in [0.2, 0.25) is 0 Å². The maximum Gasteiger partial charge on any atom is 0.293 e. The van der Waals surface area contributed by atoms with Gasteiger partial charge in [-0.15, -0.1) is 0 Å². The summed E-state index contributed by atoms with van der Waals surface area (Å²) < 4.78 is 5.11. The van der Waals surface area contributed by atoms with E-state index < -0.39 is 17.7 Å². The van der Waals surface area contributed by atoms with Gasteiger partial charge in [-0.2, -0.15) is 0 Å². The molecule has 0 spiro atoms. The van der Waals surface area contributed by atoms with Crippen molar-refractivity contribution >= 4 is 17.4 Å². The van der Waals surface area contributed by atoms with Crippen LogP contribution < -0.4 is 10.1 Å². The molecule has 0 aliphatic carbocycles. The minimum atomic E-state index is -0.718. The second kappa shape index (κ2) is 6.20. The largest absolute Gasteiger partial charge is 0.507 e. The van der Waals surface area contributed by atoms with Gasteiger partial charge in [-0.05, 0) is 24.6 Å². The Hall–Kier alpha value is -3.08. The van der Waals surface area contributed by atoms with Crippen molar-refractivity contribution in [1.82, 2.24) is 5.32 Å². The zero-order valence-corrected chi connectivity index (χ0v) is 13.4. The molecule has 5 nitrogen and oxygen atoms in total. The first kappa shape index (κ1) is 15.8. The fraction of sp³-hybridized carbons (Fsp3) is 0.158. The van der Waals surface area contributed by atoms with Crippen LogP contribution in [0, 0.1) is 6.92 Å². The molecule has 2 N–H and O–H groups in total. The van der Waals surface area contributed by atoms with E-state index in [-0.39, 0.29) is 11.3 Å². The van der Waals surface area contributed by atoms with E-state index in [1.807, 2.05) is 19.1 Å². The Morgan fingerprint density at radius 3 is 2.25 bits per heavy atom. The minimum Gasteiger partial charge on any atom is -0.507 e. The first-order chi connectivity index (χ1) is 11.5. The van der Waals surface area contributed by atoms with Gasteiger partial charge in [0.2, 0.25) is 0 Å². The molecule has 1 aliphatic rings. The summed E-state index contributed by atoms with van der Waals surface area (Å²) in [5.41, 5.74) is 2.30. The summed E-state index contributed by atoms with van der Waals surface area (Å²) in [6.45, 7) is 1.93. The van der Waals surface area contributed by atoms with Crippen LogP contribution in [0.3, 0.4) is 0 Å². The van der Waals surface area contributed by atoms with E-state index >= 15 is 0 Å². The summed E-state index contributed by atoms with van der Waals surface area (Å²) in [5.74, 6) is -0.944. The Morgan fingerprint density at radius 2 is 1.67 bits per heavy atom. The van der Waals surface area contributed by atoms with Crippen molar-refractivity contribution in [3.8, 4) is 5.75 Å².